The van der Waals surface area contributed by atoms with Crippen molar-refractivity contribution >= 4 is 17.4 Å². The van der Waals surface area contributed by atoms with Crippen LogP contribution in [0.3, 0.4) is 0 Å². The second-order valence-electron chi connectivity index (χ2n) is 5.83. The third-order valence-corrected chi connectivity index (χ3v) is 3.81. The Hall–Kier alpha value is -3.28. The summed E-state index contributed by atoms with van der Waals surface area (Å²) in [6.07, 6.45) is 1.42. The maximum absolute atomic E-state index is 13.7. The van der Waals surface area contributed by atoms with Crippen LogP contribution in [0.4, 0.5) is 20.3 Å². The number of hydrogen-bond donors (Lipinski definition) is 1. The lowest BCUT2D eigenvalue weighted by atomic mass is 10.2. The minimum Gasteiger partial charge on any atom is -0.338 e. The summed E-state index contributed by atoms with van der Waals surface area (Å²) < 4.78 is 26.6. The molecule has 26 heavy (non-hydrogen) atoms. The lowest BCUT2D eigenvalue weighted by molar-refractivity contribution is 0.0784. The minimum absolute atomic E-state index is 0.110. The minimum atomic E-state index is -0.713. The number of amides is 1. The Morgan fingerprint density at radius 2 is 1.85 bits per heavy atom. The Morgan fingerprint density at radius 1 is 1.08 bits per heavy atom. The van der Waals surface area contributed by atoms with E-state index in [1.165, 1.54) is 12.3 Å². The van der Waals surface area contributed by atoms with E-state index in [4.69, 9.17) is 0 Å². The van der Waals surface area contributed by atoms with E-state index in [0.29, 0.717) is 17.9 Å². The van der Waals surface area contributed by atoms with Gasteiger partial charge in [0.25, 0.3) is 5.91 Å². The molecule has 1 heterocycles. The summed E-state index contributed by atoms with van der Waals surface area (Å²) in [6, 6.07) is 16.1. The molecule has 0 saturated carbocycles. The Balaban J connectivity index is 1.67. The first-order chi connectivity index (χ1) is 12.5. The first-order valence-electron chi connectivity index (χ1n) is 8.00. The molecule has 0 aliphatic rings. The van der Waals surface area contributed by atoms with Gasteiger partial charge in [-0.15, -0.1) is 0 Å². The summed E-state index contributed by atoms with van der Waals surface area (Å²) in [6.45, 7) is 0.487. The van der Waals surface area contributed by atoms with Crippen molar-refractivity contribution in [1.29, 1.82) is 0 Å². The standard InChI is InChI=1S/C20H17F2N3O/c1-25(13-14-5-3-2-4-6-14)20(26)15-7-10-19(23-12-15)24-18-9-8-16(21)11-17(18)22/h2-12H,13H2,1H3,(H,23,24). The number of benzene rings is 2. The van der Waals surface area contributed by atoms with Crippen LogP contribution in [0.15, 0.2) is 66.9 Å². The fourth-order valence-corrected chi connectivity index (χ4v) is 2.47. The molecular formula is C20H17F2N3O. The first kappa shape index (κ1) is 17.5. The molecule has 0 bridgehead atoms. The smallest absolute Gasteiger partial charge is 0.255 e. The van der Waals surface area contributed by atoms with E-state index >= 15 is 0 Å². The van der Waals surface area contributed by atoms with Crippen molar-refractivity contribution in [2.75, 3.05) is 12.4 Å². The largest absolute Gasteiger partial charge is 0.338 e. The summed E-state index contributed by atoms with van der Waals surface area (Å²) in [5, 5.41) is 2.76. The number of carbonyl (C=O) groups is 1. The van der Waals surface area contributed by atoms with Crippen LogP contribution in [-0.2, 0) is 6.54 Å². The van der Waals surface area contributed by atoms with Crippen LogP contribution >= 0.6 is 0 Å². The van der Waals surface area contributed by atoms with Crippen LogP contribution < -0.4 is 5.32 Å². The Kier molecular flexibility index (Phi) is 5.22. The molecule has 3 rings (SSSR count). The van der Waals surface area contributed by atoms with E-state index < -0.39 is 11.6 Å². The van der Waals surface area contributed by atoms with Crippen LogP contribution in [0.2, 0.25) is 0 Å². The third kappa shape index (κ3) is 4.22. The summed E-state index contributed by atoms with van der Waals surface area (Å²) in [5.74, 6) is -1.17. The van der Waals surface area contributed by atoms with E-state index in [2.05, 4.69) is 10.3 Å². The Labute approximate surface area is 150 Å². The van der Waals surface area contributed by atoms with Crippen LogP contribution in [0.25, 0.3) is 0 Å². The van der Waals surface area contributed by atoms with Crippen molar-refractivity contribution < 1.29 is 13.6 Å². The predicted molar refractivity (Wildman–Crippen MR) is 96.1 cm³/mol. The van der Waals surface area contributed by atoms with Crippen molar-refractivity contribution in [1.82, 2.24) is 9.88 Å². The highest BCUT2D eigenvalue weighted by atomic mass is 19.1. The number of rotatable bonds is 5. The SMILES string of the molecule is CN(Cc1ccccc1)C(=O)c1ccc(Nc2ccc(F)cc2F)nc1. The van der Waals surface area contributed by atoms with Gasteiger partial charge in [-0.3, -0.25) is 4.79 Å². The average molecular weight is 353 g/mol. The number of halogens is 2. The highest BCUT2D eigenvalue weighted by molar-refractivity contribution is 5.93. The fraction of sp³-hybridized carbons (Fsp3) is 0.100. The molecule has 1 N–H and O–H groups in total. The third-order valence-electron chi connectivity index (χ3n) is 3.81. The summed E-state index contributed by atoms with van der Waals surface area (Å²) in [4.78, 5) is 18.2. The molecular weight excluding hydrogens is 336 g/mol. The maximum atomic E-state index is 13.7. The molecule has 2 aromatic carbocycles. The van der Waals surface area contributed by atoms with Crippen LogP contribution in [-0.4, -0.2) is 22.8 Å². The molecule has 132 valence electrons. The molecule has 0 radical (unpaired) electrons. The molecule has 4 nitrogen and oxygen atoms in total. The number of anilines is 2. The molecule has 3 aromatic rings. The highest BCUT2D eigenvalue weighted by Gasteiger charge is 2.13. The van der Waals surface area contributed by atoms with Gasteiger partial charge >= 0.3 is 0 Å². The molecule has 0 spiro atoms. The van der Waals surface area contributed by atoms with Gasteiger partial charge in [0, 0.05) is 25.9 Å². The van der Waals surface area contributed by atoms with Gasteiger partial charge in [0.15, 0.2) is 0 Å². The second-order valence-corrected chi connectivity index (χ2v) is 5.83. The van der Waals surface area contributed by atoms with E-state index in [9.17, 15) is 13.6 Å². The zero-order chi connectivity index (χ0) is 18.5. The lowest BCUT2D eigenvalue weighted by Crippen LogP contribution is -2.26. The number of nitrogens with one attached hydrogen (secondary N) is 1. The van der Waals surface area contributed by atoms with E-state index in [-0.39, 0.29) is 11.6 Å². The Morgan fingerprint density at radius 3 is 2.50 bits per heavy atom. The maximum Gasteiger partial charge on any atom is 0.255 e. The monoisotopic (exact) mass is 353 g/mol. The van der Waals surface area contributed by atoms with Gasteiger partial charge in [-0.1, -0.05) is 30.3 Å². The molecule has 0 saturated heterocycles. The molecule has 1 aromatic heterocycles. The molecule has 0 atom stereocenters. The first-order valence-corrected chi connectivity index (χ1v) is 8.00. The van der Waals surface area contributed by atoms with Crippen molar-refractivity contribution in [3.05, 3.63) is 89.6 Å². The molecule has 0 aliphatic carbocycles. The Bertz CT molecular complexity index is 899. The van der Waals surface area contributed by atoms with Gasteiger partial charge < -0.3 is 10.2 Å². The number of pyridine rings is 1. The van der Waals surface area contributed by atoms with Crippen molar-refractivity contribution in [2.24, 2.45) is 0 Å². The number of carbonyl (C=O) groups excluding carboxylic acids is 1. The van der Waals surface area contributed by atoms with Crippen molar-refractivity contribution in [3.63, 3.8) is 0 Å². The fourth-order valence-electron chi connectivity index (χ4n) is 2.47. The van der Waals surface area contributed by atoms with E-state index in [0.717, 1.165) is 17.7 Å². The van der Waals surface area contributed by atoms with E-state index in [1.807, 2.05) is 30.3 Å². The number of aromatic nitrogens is 1. The lowest BCUT2D eigenvalue weighted by Gasteiger charge is -2.17. The van der Waals surface area contributed by atoms with Crippen LogP contribution in [0.5, 0.6) is 0 Å². The molecule has 0 unspecified atom stereocenters. The second kappa shape index (κ2) is 7.74. The van der Waals surface area contributed by atoms with Gasteiger partial charge in [0.1, 0.15) is 17.5 Å². The summed E-state index contributed by atoms with van der Waals surface area (Å²) in [5.41, 5.74) is 1.56. The van der Waals surface area contributed by atoms with Gasteiger partial charge in [-0.25, -0.2) is 13.8 Å². The van der Waals surface area contributed by atoms with Crippen molar-refractivity contribution in [2.45, 2.75) is 6.54 Å². The topological polar surface area (TPSA) is 45.2 Å². The highest BCUT2D eigenvalue weighted by Crippen LogP contribution is 2.19. The van der Waals surface area contributed by atoms with E-state index in [1.54, 1.807) is 24.1 Å². The van der Waals surface area contributed by atoms with Gasteiger partial charge in [-0.2, -0.15) is 0 Å². The summed E-state index contributed by atoms with van der Waals surface area (Å²) >= 11 is 0. The zero-order valence-corrected chi connectivity index (χ0v) is 14.1. The summed E-state index contributed by atoms with van der Waals surface area (Å²) in [7, 11) is 1.72. The average Bonchev–Trinajstić information content (AvgIpc) is 2.65. The van der Waals surface area contributed by atoms with Crippen LogP contribution in [0, 0.1) is 11.6 Å². The predicted octanol–water partition coefficient (Wildman–Crippen LogP) is 4.38. The molecule has 1 amide bonds. The van der Waals surface area contributed by atoms with Crippen LogP contribution in [0.1, 0.15) is 15.9 Å². The zero-order valence-electron chi connectivity index (χ0n) is 14.1. The quantitative estimate of drug-likeness (QED) is 0.741. The van der Waals surface area contributed by atoms with Gasteiger partial charge in [-0.05, 0) is 29.8 Å². The van der Waals surface area contributed by atoms with Gasteiger partial charge in [0.2, 0.25) is 0 Å². The molecule has 0 aliphatic heterocycles. The van der Waals surface area contributed by atoms with Gasteiger partial charge in [0.05, 0.1) is 11.3 Å². The van der Waals surface area contributed by atoms with Crippen molar-refractivity contribution in [3.8, 4) is 0 Å². The molecule has 0 fully saturated rings. The number of hydrogen-bond acceptors (Lipinski definition) is 3. The normalized spacial score (nSPS) is 10.4. The number of nitrogens with zero attached hydrogens (tertiary/aromatic N) is 2. The molecule has 6 heteroatoms.